The Morgan fingerprint density at radius 1 is 1.11 bits per heavy atom. The molecule has 2 aliphatic heterocycles. The molecular formula is C22H35N5. The van der Waals surface area contributed by atoms with Crippen molar-refractivity contribution in [1.29, 1.82) is 5.26 Å². The maximum atomic E-state index is 9.33. The third-order valence-electron chi connectivity index (χ3n) is 6.24. The van der Waals surface area contributed by atoms with E-state index in [-0.39, 0.29) is 6.29 Å². The Balaban J connectivity index is 1.70. The average Bonchev–Trinajstić information content (AvgIpc) is 2.99. The molecule has 1 aromatic rings. The zero-order valence-corrected chi connectivity index (χ0v) is 17.4. The van der Waals surface area contributed by atoms with E-state index in [1.807, 2.05) is 0 Å². The van der Waals surface area contributed by atoms with Crippen LogP contribution in [0.15, 0.2) is 24.3 Å². The summed E-state index contributed by atoms with van der Waals surface area (Å²) in [7, 11) is 0. The lowest BCUT2D eigenvalue weighted by molar-refractivity contribution is 0.146. The molecule has 0 aromatic heterocycles. The van der Waals surface area contributed by atoms with Crippen molar-refractivity contribution in [2.24, 2.45) is 5.92 Å². The number of para-hydroxylation sites is 2. The molecule has 5 heteroatoms. The zero-order valence-electron chi connectivity index (χ0n) is 17.4. The van der Waals surface area contributed by atoms with Gasteiger partial charge >= 0.3 is 0 Å². The minimum Gasteiger partial charge on any atom is -0.332 e. The number of nitriles is 1. The molecule has 2 aliphatic rings. The number of nitrogens with zero attached hydrogens (tertiary/aromatic N) is 4. The van der Waals surface area contributed by atoms with Gasteiger partial charge < -0.3 is 14.7 Å². The number of hydrogen-bond donors (Lipinski definition) is 1. The molecule has 1 aromatic carbocycles. The fourth-order valence-electron chi connectivity index (χ4n) is 4.65. The Morgan fingerprint density at radius 3 is 2.37 bits per heavy atom. The highest BCUT2D eigenvalue weighted by Gasteiger charge is 2.40. The maximum absolute atomic E-state index is 9.33. The fraction of sp³-hybridized carbons (Fsp3) is 0.682. The van der Waals surface area contributed by atoms with Crippen LogP contribution in [0.3, 0.4) is 0 Å². The van der Waals surface area contributed by atoms with Crippen molar-refractivity contribution in [2.75, 3.05) is 29.4 Å². The maximum Gasteiger partial charge on any atom is 0.187 e. The van der Waals surface area contributed by atoms with E-state index in [1.54, 1.807) is 0 Å². The second-order valence-corrected chi connectivity index (χ2v) is 8.40. The minimum absolute atomic E-state index is 0.0627. The van der Waals surface area contributed by atoms with Gasteiger partial charge in [-0.05, 0) is 57.6 Å². The lowest BCUT2D eigenvalue weighted by atomic mass is 9.98. The molecule has 0 saturated carbocycles. The number of rotatable bonds is 7. The molecule has 0 radical (unpaired) electrons. The first kappa shape index (κ1) is 19.8. The van der Waals surface area contributed by atoms with Crippen LogP contribution in [-0.2, 0) is 0 Å². The number of piperidine rings is 1. The Bertz CT molecular complexity index is 644. The van der Waals surface area contributed by atoms with Gasteiger partial charge in [-0.3, -0.25) is 5.32 Å². The number of fused-ring (bicyclic) bond motifs is 1. The third kappa shape index (κ3) is 4.16. The van der Waals surface area contributed by atoms with Crippen LogP contribution in [0.2, 0.25) is 0 Å². The largest absolute Gasteiger partial charge is 0.332 e. The summed E-state index contributed by atoms with van der Waals surface area (Å²) in [6.45, 7) is 12.3. The van der Waals surface area contributed by atoms with Crippen LogP contribution in [0, 0.1) is 17.4 Å². The molecule has 2 atom stereocenters. The van der Waals surface area contributed by atoms with E-state index in [2.05, 4.69) is 78.2 Å². The van der Waals surface area contributed by atoms with Crippen molar-refractivity contribution < 1.29 is 0 Å². The normalized spacial score (nSPS) is 22.0. The number of likely N-dealkylation sites (tertiary alicyclic amines) is 1. The van der Waals surface area contributed by atoms with Crippen molar-refractivity contribution in [3.05, 3.63) is 24.3 Å². The molecule has 5 nitrogen and oxygen atoms in total. The van der Waals surface area contributed by atoms with Gasteiger partial charge in [-0.1, -0.05) is 26.0 Å². The topological polar surface area (TPSA) is 45.5 Å². The van der Waals surface area contributed by atoms with Gasteiger partial charge in [-0.2, -0.15) is 5.26 Å². The van der Waals surface area contributed by atoms with Crippen molar-refractivity contribution in [3.63, 3.8) is 0 Å². The number of anilines is 2. The molecule has 27 heavy (non-hydrogen) atoms. The first-order valence-electron chi connectivity index (χ1n) is 10.6. The van der Waals surface area contributed by atoms with E-state index in [1.165, 1.54) is 24.2 Å². The van der Waals surface area contributed by atoms with E-state index in [0.717, 1.165) is 38.4 Å². The first-order chi connectivity index (χ1) is 13.1. The minimum atomic E-state index is -0.0627. The van der Waals surface area contributed by atoms with E-state index in [9.17, 15) is 5.26 Å². The molecule has 148 valence electrons. The summed E-state index contributed by atoms with van der Waals surface area (Å²) < 4.78 is 0. The highest BCUT2D eigenvalue weighted by molar-refractivity contribution is 5.77. The van der Waals surface area contributed by atoms with Gasteiger partial charge in [0.15, 0.2) is 12.5 Å². The van der Waals surface area contributed by atoms with Gasteiger partial charge in [0.05, 0.1) is 11.4 Å². The summed E-state index contributed by atoms with van der Waals surface area (Å²) in [4.78, 5) is 7.42. The Labute approximate surface area is 164 Å². The number of hydrogen-bond acceptors (Lipinski definition) is 5. The van der Waals surface area contributed by atoms with E-state index >= 15 is 0 Å². The van der Waals surface area contributed by atoms with Crippen LogP contribution in [0.25, 0.3) is 0 Å². The molecule has 2 unspecified atom stereocenters. The highest BCUT2D eigenvalue weighted by atomic mass is 15.5. The van der Waals surface area contributed by atoms with Crippen molar-refractivity contribution in [3.8, 4) is 6.19 Å². The molecule has 0 amide bonds. The van der Waals surface area contributed by atoms with Crippen molar-refractivity contribution in [2.45, 2.75) is 71.8 Å². The van der Waals surface area contributed by atoms with E-state index in [4.69, 9.17) is 0 Å². The molecule has 3 rings (SSSR count). The smallest absolute Gasteiger partial charge is 0.187 e. The Hall–Kier alpha value is -1.93. The second-order valence-electron chi connectivity index (χ2n) is 8.40. The van der Waals surface area contributed by atoms with Crippen LogP contribution in [0.5, 0.6) is 0 Å². The third-order valence-corrected chi connectivity index (χ3v) is 6.24. The lowest BCUT2D eigenvalue weighted by Gasteiger charge is -2.43. The molecular weight excluding hydrogens is 334 g/mol. The summed E-state index contributed by atoms with van der Waals surface area (Å²) in [6, 6.07) is 9.72. The second kappa shape index (κ2) is 8.84. The van der Waals surface area contributed by atoms with Gasteiger partial charge in [0.1, 0.15) is 0 Å². The number of nitrogens with one attached hydrogen (secondary N) is 1. The van der Waals surface area contributed by atoms with Gasteiger partial charge in [-0.15, -0.1) is 0 Å². The van der Waals surface area contributed by atoms with Gasteiger partial charge in [0.2, 0.25) is 0 Å². The summed E-state index contributed by atoms with van der Waals surface area (Å²) in [5, 5.41) is 12.4. The fourth-order valence-corrected chi connectivity index (χ4v) is 4.65. The molecule has 0 spiro atoms. The van der Waals surface area contributed by atoms with Crippen LogP contribution in [0.1, 0.15) is 53.4 Å². The quantitative estimate of drug-likeness (QED) is 0.582. The van der Waals surface area contributed by atoms with Gasteiger partial charge in [-0.25, -0.2) is 0 Å². The predicted octanol–water partition coefficient (Wildman–Crippen LogP) is 3.98. The van der Waals surface area contributed by atoms with Crippen molar-refractivity contribution >= 4 is 11.4 Å². The average molecular weight is 370 g/mol. The molecule has 0 aliphatic carbocycles. The molecule has 1 N–H and O–H groups in total. The van der Waals surface area contributed by atoms with E-state index in [0.29, 0.717) is 12.1 Å². The standard InChI is InChI=1S/C22H35N5/c1-5-26-20-8-6-7-9-21(20)27(22(26)24-16-23)19-12-14-25(15-13-19)18(4)11-10-17(2)3/h6-9,17-19,22,24H,5,10-15H2,1-4H3. The van der Waals surface area contributed by atoms with Crippen LogP contribution in [0.4, 0.5) is 11.4 Å². The summed E-state index contributed by atoms with van der Waals surface area (Å²) in [5.74, 6) is 0.781. The molecule has 1 saturated heterocycles. The van der Waals surface area contributed by atoms with Gasteiger partial charge in [0.25, 0.3) is 0 Å². The number of benzene rings is 1. The predicted molar refractivity (Wildman–Crippen MR) is 113 cm³/mol. The zero-order chi connectivity index (χ0) is 19.4. The molecule has 1 fully saturated rings. The summed E-state index contributed by atoms with van der Waals surface area (Å²) in [6.07, 6.45) is 7.03. The lowest BCUT2D eigenvalue weighted by Crippen LogP contribution is -2.57. The van der Waals surface area contributed by atoms with Crippen molar-refractivity contribution in [1.82, 2.24) is 10.2 Å². The van der Waals surface area contributed by atoms with E-state index < -0.39 is 0 Å². The first-order valence-corrected chi connectivity index (χ1v) is 10.6. The SMILES string of the molecule is CCN1c2ccccc2N(C2CCN(C(C)CCC(C)C)CC2)C1NC#N. The summed E-state index contributed by atoms with van der Waals surface area (Å²) in [5.41, 5.74) is 2.50. The molecule has 2 heterocycles. The van der Waals surface area contributed by atoms with Crippen LogP contribution >= 0.6 is 0 Å². The monoisotopic (exact) mass is 369 g/mol. The molecule has 0 bridgehead atoms. The van der Waals surface area contributed by atoms with Crippen LogP contribution < -0.4 is 15.1 Å². The Kier molecular flexibility index (Phi) is 6.49. The van der Waals surface area contributed by atoms with Gasteiger partial charge in [0, 0.05) is 31.7 Å². The summed E-state index contributed by atoms with van der Waals surface area (Å²) >= 11 is 0. The Morgan fingerprint density at radius 2 is 1.78 bits per heavy atom. The van der Waals surface area contributed by atoms with Crippen LogP contribution in [-0.4, -0.2) is 42.9 Å². The highest BCUT2D eigenvalue weighted by Crippen LogP contribution is 2.41.